The van der Waals surface area contributed by atoms with Crippen LogP contribution in [0.15, 0.2) is 73.2 Å². The van der Waals surface area contributed by atoms with E-state index in [4.69, 9.17) is 4.74 Å². The van der Waals surface area contributed by atoms with Crippen molar-refractivity contribution < 1.29 is 35.9 Å². The molecular weight excluding hydrogens is 526 g/mol. The van der Waals surface area contributed by atoms with Crippen molar-refractivity contribution in [1.82, 2.24) is 19.9 Å². The first-order valence-electron chi connectivity index (χ1n) is 11.4. The summed E-state index contributed by atoms with van der Waals surface area (Å²) in [5, 5.41) is 0. The molecule has 0 saturated carbocycles. The Balaban J connectivity index is 1.71. The minimum Gasteiger partial charge on any atom is -0.438 e. The molecule has 0 saturated heterocycles. The number of aryl methyl sites for hydroxylation is 1. The normalized spacial score (nSPS) is 11.8. The maximum atomic E-state index is 13.4. The smallest absolute Gasteiger partial charge is 0.416 e. The number of alkyl halides is 6. The van der Waals surface area contributed by atoms with E-state index in [-0.39, 0.29) is 28.9 Å². The van der Waals surface area contributed by atoms with Gasteiger partial charge in [-0.3, -0.25) is 9.78 Å². The molecule has 0 bridgehead atoms. The maximum Gasteiger partial charge on any atom is 0.416 e. The molecule has 0 aliphatic carbocycles. The zero-order chi connectivity index (χ0) is 28.4. The summed E-state index contributed by atoms with van der Waals surface area (Å²) in [7, 11) is 1.24. The Morgan fingerprint density at radius 2 is 1.54 bits per heavy atom. The third-order valence-electron chi connectivity index (χ3n) is 5.64. The number of carbonyl (C=O) groups is 1. The Labute approximate surface area is 218 Å². The van der Waals surface area contributed by atoms with E-state index < -0.39 is 35.9 Å². The van der Waals surface area contributed by atoms with Gasteiger partial charge in [0.1, 0.15) is 11.3 Å². The van der Waals surface area contributed by atoms with E-state index >= 15 is 0 Å². The summed E-state index contributed by atoms with van der Waals surface area (Å²) in [6, 6.07) is 11.4. The van der Waals surface area contributed by atoms with E-state index in [1.54, 1.807) is 43.3 Å². The lowest BCUT2D eigenvalue weighted by molar-refractivity contribution is -0.143. The highest BCUT2D eigenvalue weighted by atomic mass is 19.4. The second kappa shape index (κ2) is 10.7. The number of nitrogens with zero attached hydrogens (tertiary/aromatic N) is 4. The number of aromatic nitrogens is 3. The molecule has 4 aromatic rings. The van der Waals surface area contributed by atoms with Gasteiger partial charge in [0.25, 0.3) is 5.91 Å². The molecule has 1 amide bonds. The van der Waals surface area contributed by atoms with Crippen molar-refractivity contribution in [3.05, 3.63) is 101 Å². The van der Waals surface area contributed by atoms with Crippen molar-refractivity contribution >= 4 is 5.91 Å². The van der Waals surface area contributed by atoms with Crippen molar-refractivity contribution in [3.63, 3.8) is 0 Å². The summed E-state index contributed by atoms with van der Waals surface area (Å²) < 4.78 is 85.6. The summed E-state index contributed by atoms with van der Waals surface area (Å²) >= 11 is 0. The van der Waals surface area contributed by atoms with Gasteiger partial charge in [-0.15, -0.1) is 0 Å². The molecule has 0 aliphatic heterocycles. The number of hydrogen-bond acceptors (Lipinski definition) is 5. The lowest BCUT2D eigenvalue weighted by atomic mass is 10.0. The number of para-hydroxylation sites is 1. The van der Waals surface area contributed by atoms with E-state index in [9.17, 15) is 31.1 Å². The highest BCUT2D eigenvalue weighted by molar-refractivity contribution is 5.96. The molecule has 2 aromatic carbocycles. The van der Waals surface area contributed by atoms with Gasteiger partial charge in [0, 0.05) is 37.7 Å². The maximum absolute atomic E-state index is 13.4. The number of ether oxygens (including phenoxy) is 1. The first kappa shape index (κ1) is 27.6. The second-order valence-electron chi connectivity index (χ2n) is 8.59. The van der Waals surface area contributed by atoms with Crippen molar-refractivity contribution in [2.45, 2.75) is 25.8 Å². The second-order valence-corrected chi connectivity index (χ2v) is 8.59. The van der Waals surface area contributed by atoms with Crippen molar-refractivity contribution in [2.75, 3.05) is 7.05 Å². The number of benzene rings is 2. The van der Waals surface area contributed by atoms with Crippen LogP contribution in [0.3, 0.4) is 0 Å². The molecular formula is C27H20F6N4O2. The molecule has 6 nitrogen and oxygen atoms in total. The van der Waals surface area contributed by atoms with Gasteiger partial charge in [-0.05, 0) is 54.4 Å². The SMILES string of the molecule is Cc1ccccc1Oc1nc(-c2ccncc2)ncc1C(=O)N(C)Cc1cc(C(F)(F)F)cc(C(F)(F)F)c1. The van der Waals surface area contributed by atoms with Gasteiger partial charge in [-0.2, -0.15) is 31.3 Å². The number of rotatable bonds is 6. The largest absolute Gasteiger partial charge is 0.438 e. The lowest BCUT2D eigenvalue weighted by Crippen LogP contribution is -2.27. The predicted molar refractivity (Wildman–Crippen MR) is 129 cm³/mol. The summed E-state index contributed by atoms with van der Waals surface area (Å²) in [6.07, 6.45) is -5.77. The molecule has 202 valence electrons. The topological polar surface area (TPSA) is 68.2 Å². The molecule has 0 unspecified atom stereocenters. The van der Waals surface area contributed by atoms with Crippen LogP contribution in [0, 0.1) is 6.92 Å². The van der Waals surface area contributed by atoms with E-state index in [1.165, 1.54) is 25.6 Å². The molecule has 0 spiro atoms. The van der Waals surface area contributed by atoms with Crippen molar-refractivity contribution in [2.24, 2.45) is 0 Å². The molecule has 2 heterocycles. The van der Waals surface area contributed by atoms with Gasteiger partial charge in [-0.25, -0.2) is 4.98 Å². The quantitative estimate of drug-likeness (QED) is 0.245. The van der Waals surface area contributed by atoms with Crippen LogP contribution in [0.25, 0.3) is 11.4 Å². The molecule has 0 radical (unpaired) electrons. The number of amides is 1. The third kappa shape index (κ3) is 6.51. The summed E-state index contributed by atoms with van der Waals surface area (Å²) in [4.78, 5) is 26.9. The first-order valence-corrected chi connectivity index (χ1v) is 11.4. The number of carbonyl (C=O) groups excluding carboxylic acids is 1. The Hall–Kier alpha value is -4.48. The molecule has 0 fully saturated rings. The minimum atomic E-state index is -5.01. The van der Waals surface area contributed by atoms with Crippen LogP contribution in [-0.2, 0) is 18.9 Å². The number of pyridine rings is 1. The Kier molecular flexibility index (Phi) is 7.57. The van der Waals surface area contributed by atoms with Gasteiger partial charge < -0.3 is 9.64 Å². The van der Waals surface area contributed by atoms with Gasteiger partial charge in [0.2, 0.25) is 5.88 Å². The van der Waals surface area contributed by atoms with Gasteiger partial charge in [0.05, 0.1) is 11.1 Å². The fraction of sp³-hybridized carbons (Fsp3) is 0.185. The minimum absolute atomic E-state index is 0.0329. The van der Waals surface area contributed by atoms with Crippen LogP contribution < -0.4 is 4.74 Å². The third-order valence-corrected chi connectivity index (χ3v) is 5.64. The molecule has 2 aromatic heterocycles. The fourth-order valence-corrected chi connectivity index (χ4v) is 3.67. The molecule has 0 N–H and O–H groups in total. The number of halogens is 6. The number of hydrogen-bond donors (Lipinski definition) is 0. The first-order chi connectivity index (χ1) is 18.3. The zero-order valence-electron chi connectivity index (χ0n) is 20.5. The van der Waals surface area contributed by atoms with Crippen LogP contribution in [0.5, 0.6) is 11.6 Å². The lowest BCUT2D eigenvalue weighted by Gasteiger charge is -2.21. The molecule has 4 rings (SSSR count). The Bertz CT molecular complexity index is 1460. The Morgan fingerprint density at radius 1 is 0.923 bits per heavy atom. The van der Waals surface area contributed by atoms with E-state index in [0.717, 1.165) is 10.5 Å². The summed E-state index contributed by atoms with van der Waals surface area (Å²) in [6.45, 7) is 1.22. The van der Waals surface area contributed by atoms with Gasteiger partial charge in [0.15, 0.2) is 5.82 Å². The van der Waals surface area contributed by atoms with E-state index in [2.05, 4.69) is 15.0 Å². The summed E-state index contributed by atoms with van der Waals surface area (Å²) in [5.41, 5.74) is -2.12. The molecule has 12 heteroatoms. The molecule has 0 aliphatic rings. The predicted octanol–water partition coefficient (Wildman–Crippen LogP) is 6.95. The highest BCUT2D eigenvalue weighted by Gasteiger charge is 2.37. The van der Waals surface area contributed by atoms with E-state index in [0.29, 0.717) is 23.4 Å². The Morgan fingerprint density at radius 3 is 2.13 bits per heavy atom. The van der Waals surface area contributed by atoms with Crippen LogP contribution in [0.2, 0.25) is 0 Å². The van der Waals surface area contributed by atoms with Crippen molar-refractivity contribution in [3.8, 4) is 23.0 Å². The average molecular weight is 546 g/mol. The molecule has 0 atom stereocenters. The molecule has 39 heavy (non-hydrogen) atoms. The van der Waals surface area contributed by atoms with Crippen molar-refractivity contribution in [1.29, 1.82) is 0 Å². The fourth-order valence-electron chi connectivity index (χ4n) is 3.67. The highest BCUT2D eigenvalue weighted by Crippen LogP contribution is 2.37. The average Bonchev–Trinajstić information content (AvgIpc) is 2.89. The van der Waals surface area contributed by atoms with E-state index in [1.807, 2.05) is 0 Å². The van der Waals surface area contributed by atoms with Crippen LogP contribution in [0.1, 0.15) is 32.6 Å². The van der Waals surface area contributed by atoms with Gasteiger partial charge in [-0.1, -0.05) is 18.2 Å². The monoisotopic (exact) mass is 546 g/mol. The standard InChI is InChI=1S/C27H20F6N4O2/c1-16-5-3-4-6-22(16)39-24-21(14-35-23(36-24)18-7-9-34-10-8-18)25(38)37(2)15-17-11-19(26(28,29)30)13-20(12-17)27(31,32)33/h3-14H,15H2,1-2H3. The summed E-state index contributed by atoms with van der Waals surface area (Å²) in [5.74, 6) is -0.303. The van der Waals surface area contributed by atoms with Crippen LogP contribution in [0.4, 0.5) is 26.3 Å². The zero-order valence-corrected chi connectivity index (χ0v) is 20.5. The van der Waals surface area contributed by atoms with Crippen LogP contribution in [-0.4, -0.2) is 32.8 Å². The van der Waals surface area contributed by atoms with Gasteiger partial charge >= 0.3 is 12.4 Å². The van der Waals surface area contributed by atoms with Crippen LogP contribution >= 0.6 is 0 Å².